The van der Waals surface area contributed by atoms with Crippen molar-refractivity contribution in [3.8, 4) is 0 Å². The molecule has 0 spiro atoms. The molecule has 1 atom stereocenters. The van der Waals surface area contributed by atoms with Gasteiger partial charge >= 0.3 is 0 Å². The number of nitrogens with one attached hydrogen (secondary N) is 1. The molecule has 1 aliphatic rings. The van der Waals surface area contributed by atoms with E-state index in [0.717, 1.165) is 22.5 Å². The van der Waals surface area contributed by atoms with Crippen molar-refractivity contribution >= 4 is 16.9 Å². The van der Waals surface area contributed by atoms with Gasteiger partial charge in [0.1, 0.15) is 5.82 Å². The third-order valence-electron chi connectivity index (χ3n) is 4.29. The molecule has 1 aromatic heterocycles. The molecular weight excluding hydrogens is 246 g/mol. The topological polar surface area (TPSA) is 37.8 Å². The van der Waals surface area contributed by atoms with Crippen LogP contribution in [0.3, 0.4) is 0 Å². The van der Waals surface area contributed by atoms with Gasteiger partial charge in [0, 0.05) is 6.04 Å². The van der Waals surface area contributed by atoms with Crippen LogP contribution in [-0.2, 0) is 0 Å². The van der Waals surface area contributed by atoms with Gasteiger partial charge in [0.25, 0.3) is 0 Å². The second-order valence-corrected chi connectivity index (χ2v) is 6.75. The van der Waals surface area contributed by atoms with Crippen molar-refractivity contribution in [2.75, 3.05) is 5.32 Å². The molecule has 1 heterocycles. The Morgan fingerprint density at radius 1 is 1.15 bits per heavy atom. The predicted molar refractivity (Wildman–Crippen MR) is 83.9 cm³/mol. The van der Waals surface area contributed by atoms with E-state index in [9.17, 15) is 0 Å². The van der Waals surface area contributed by atoms with Crippen LogP contribution in [0.5, 0.6) is 0 Å². The highest BCUT2D eigenvalue weighted by Gasteiger charge is 2.28. The van der Waals surface area contributed by atoms with Gasteiger partial charge in [-0.05, 0) is 43.7 Å². The second-order valence-electron chi connectivity index (χ2n) is 6.75. The Morgan fingerprint density at radius 3 is 2.55 bits per heavy atom. The standard InChI is InChI=1S/C17H23N3/c1-12-16(19-13-7-6-10-17(2,3)11-13)20-15-9-5-4-8-14(15)18-12/h4-5,8-9,13H,6-7,10-11H2,1-3H3,(H,19,20). The minimum atomic E-state index is 0.439. The molecule has 0 radical (unpaired) electrons. The van der Waals surface area contributed by atoms with Gasteiger partial charge in [0.05, 0.1) is 16.7 Å². The highest BCUT2D eigenvalue weighted by atomic mass is 15.0. The first kappa shape index (κ1) is 13.3. The monoisotopic (exact) mass is 269 g/mol. The first-order valence-electron chi connectivity index (χ1n) is 7.53. The molecule has 1 aromatic carbocycles. The number of nitrogens with zero attached hydrogens (tertiary/aromatic N) is 2. The Bertz CT molecular complexity index is 619. The number of rotatable bonds is 2. The zero-order valence-electron chi connectivity index (χ0n) is 12.6. The quantitative estimate of drug-likeness (QED) is 0.882. The summed E-state index contributed by atoms with van der Waals surface area (Å²) >= 11 is 0. The fourth-order valence-electron chi connectivity index (χ4n) is 3.24. The summed E-state index contributed by atoms with van der Waals surface area (Å²) in [7, 11) is 0. The lowest BCUT2D eigenvalue weighted by molar-refractivity contribution is 0.229. The van der Waals surface area contributed by atoms with Crippen LogP contribution in [0.4, 0.5) is 5.82 Å². The molecular formula is C17H23N3. The molecule has 3 nitrogen and oxygen atoms in total. The number of para-hydroxylation sites is 2. The van der Waals surface area contributed by atoms with Gasteiger partial charge in [-0.3, -0.25) is 0 Å². The van der Waals surface area contributed by atoms with Crippen molar-refractivity contribution in [2.45, 2.75) is 52.5 Å². The highest BCUT2D eigenvalue weighted by molar-refractivity contribution is 5.76. The summed E-state index contributed by atoms with van der Waals surface area (Å²) in [5.41, 5.74) is 3.37. The minimum Gasteiger partial charge on any atom is -0.366 e. The third-order valence-corrected chi connectivity index (χ3v) is 4.29. The lowest BCUT2D eigenvalue weighted by Crippen LogP contribution is -2.32. The smallest absolute Gasteiger partial charge is 0.148 e. The SMILES string of the molecule is Cc1nc2ccccc2nc1NC1CCCC(C)(C)C1. The number of hydrogen-bond donors (Lipinski definition) is 1. The van der Waals surface area contributed by atoms with E-state index in [1.165, 1.54) is 25.7 Å². The van der Waals surface area contributed by atoms with Crippen molar-refractivity contribution in [1.29, 1.82) is 0 Å². The molecule has 1 fully saturated rings. The van der Waals surface area contributed by atoms with Crippen LogP contribution >= 0.6 is 0 Å². The van der Waals surface area contributed by atoms with Crippen LogP contribution in [0.1, 0.15) is 45.2 Å². The first-order valence-corrected chi connectivity index (χ1v) is 7.53. The van der Waals surface area contributed by atoms with Crippen LogP contribution in [0.15, 0.2) is 24.3 Å². The Morgan fingerprint density at radius 2 is 1.85 bits per heavy atom. The highest BCUT2D eigenvalue weighted by Crippen LogP contribution is 2.36. The summed E-state index contributed by atoms with van der Waals surface area (Å²) in [4.78, 5) is 9.40. The predicted octanol–water partition coefficient (Wildman–Crippen LogP) is 4.32. The van der Waals surface area contributed by atoms with Gasteiger partial charge in [-0.1, -0.05) is 32.4 Å². The average Bonchev–Trinajstić information content (AvgIpc) is 2.38. The van der Waals surface area contributed by atoms with Crippen molar-refractivity contribution < 1.29 is 0 Å². The lowest BCUT2D eigenvalue weighted by Gasteiger charge is -2.35. The molecule has 3 rings (SSSR count). The fourth-order valence-corrected chi connectivity index (χ4v) is 3.24. The van der Waals surface area contributed by atoms with Gasteiger partial charge in [-0.25, -0.2) is 9.97 Å². The number of aromatic nitrogens is 2. The normalized spacial score (nSPS) is 21.9. The molecule has 1 N–H and O–H groups in total. The Balaban J connectivity index is 1.85. The van der Waals surface area contributed by atoms with Crippen LogP contribution in [-0.4, -0.2) is 16.0 Å². The Labute approximate surface area is 120 Å². The minimum absolute atomic E-state index is 0.439. The van der Waals surface area contributed by atoms with E-state index in [-0.39, 0.29) is 0 Å². The lowest BCUT2D eigenvalue weighted by atomic mass is 9.75. The summed E-state index contributed by atoms with van der Waals surface area (Å²) < 4.78 is 0. The molecule has 0 aliphatic heterocycles. The molecule has 2 aromatic rings. The molecule has 0 bridgehead atoms. The van der Waals surface area contributed by atoms with Gasteiger partial charge in [-0.15, -0.1) is 0 Å². The zero-order valence-corrected chi connectivity index (χ0v) is 12.6. The average molecular weight is 269 g/mol. The van der Waals surface area contributed by atoms with E-state index in [1.807, 2.05) is 31.2 Å². The van der Waals surface area contributed by atoms with Gasteiger partial charge in [0.15, 0.2) is 0 Å². The second kappa shape index (κ2) is 5.04. The van der Waals surface area contributed by atoms with Gasteiger partial charge in [0.2, 0.25) is 0 Å². The summed E-state index contributed by atoms with van der Waals surface area (Å²) in [5, 5.41) is 3.62. The third kappa shape index (κ3) is 2.77. The Kier molecular flexibility index (Phi) is 3.36. The van der Waals surface area contributed by atoms with Gasteiger partial charge < -0.3 is 5.32 Å². The summed E-state index contributed by atoms with van der Waals surface area (Å²) in [6.07, 6.45) is 5.07. The molecule has 1 aliphatic carbocycles. The molecule has 0 saturated heterocycles. The van der Waals surface area contributed by atoms with Crippen molar-refractivity contribution in [1.82, 2.24) is 9.97 Å². The number of hydrogen-bond acceptors (Lipinski definition) is 3. The summed E-state index contributed by atoms with van der Waals surface area (Å²) in [5.74, 6) is 0.950. The van der Waals surface area contributed by atoms with E-state index in [2.05, 4.69) is 24.1 Å². The van der Waals surface area contributed by atoms with E-state index in [4.69, 9.17) is 4.98 Å². The summed E-state index contributed by atoms with van der Waals surface area (Å²) in [6.45, 7) is 6.76. The van der Waals surface area contributed by atoms with E-state index in [0.29, 0.717) is 11.5 Å². The first-order chi connectivity index (χ1) is 9.53. The maximum atomic E-state index is 4.74. The van der Waals surface area contributed by atoms with Crippen LogP contribution in [0, 0.1) is 12.3 Å². The number of anilines is 1. The Hall–Kier alpha value is -1.64. The molecule has 1 unspecified atom stereocenters. The van der Waals surface area contributed by atoms with Crippen molar-refractivity contribution in [3.05, 3.63) is 30.0 Å². The number of aryl methyl sites for hydroxylation is 1. The zero-order chi connectivity index (χ0) is 14.2. The maximum Gasteiger partial charge on any atom is 0.148 e. The van der Waals surface area contributed by atoms with Crippen LogP contribution in [0.25, 0.3) is 11.0 Å². The largest absolute Gasteiger partial charge is 0.366 e. The van der Waals surface area contributed by atoms with Crippen molar-refractivity contribution in [2.24, 2.45) is 5.41 Å². The number of benzene rings is 1. The van der Waals surface area contributed by atoms with E-state index >= 15 is 0 Å². The molecule has 1 saturated carbocycles. The fraction of sp³-hybridized carbons (Fsp3) is 0.529. The summed E-state index contributed by atoms with van der Waals surface area (Å²) in [6, 6.07) is 8.58. The number of fused-ring (bicyclic) bond motifs is 1. The molecule has 20 heavy (non-hydrogen) atoms. The van der Waals surface area contributed by atoms with E-state index in [1.54, 1.807) is 0 Å². The van der Waals surface area contributed by atoms with Crippen LogP contribution < -0.4 is 5.32 Å². The van der Waals surface area contributed by atoms with Crippen LogP contribution in [0.2, 0.25) is 0 Å². The van der Waals surface area contributed by atoms with Gasteiger partial charge in [-0.2, -0.15) is 0 Å². The maximum absolute atomic E-state index is 4.74. The van der Waals surface area contributed by atoms with Crippen molar-refractivity contribution in [3.63, 3.8) is 0 Å². The molecule has 106 valence electrons. The molecule has 0 amide bonds. The molecule has 3 heteroatoms. The van der Waals surface area contributed by atoms with E-state index < -0.39 is 0 Å².